The lowest BCUT2D eigenvalue weighted by molar-refractivity contribution is 0.338. The van der Waals surface area contributed by atoms with E-state index in [0.29, 0.717) is 29.7 Å². The molecule has 22 heavy (non-hydrogen) atoms. The van der Waals surface area contributed by atoms with Crippen LogP contribution in [-0.4, -0.2) is 24.0 Å². The monoisotopic (exact) mass is 317 g/mol. The third-order valence-corrected chi connectivity index (χ3v) is 3.13. The van der Waals surface area contributed by atoms with E-state index in [1.807, 2.05) is 38.1 Å². The Morgan fingerprint density at radius 1 is 1.50 bits per heavy atom. The quantitative estimate of drug-likeness (QED) is 0.371. The normalized spacial score (nSPS) is 11.3. The van der Waals surface area contributed by atoms with E-state index in [2.05, 4.69) is 22.4 Å². The SMILES string of the molecule is C=CCNC(=S)N/N=C(/C)c1cc2cccc(OCC)c2o1. The molecule has 0 unspecified atom stereocenters. The highest BCUT2D eigenvalue weighted by Gasteiger charge is 2.11. The molecular formula is C16H19N3O2S. The molecule has 1 aromatic carbocycles. The Morgan fingerprint density at radius 3 is 3.05 bits per heavy atom. The van der Waals surface area contributed by atoms with Gasteiger partial charge in [-0.15, -0.1) is 6.58 Å². The molecule has 1 aromatic heterocycles. The molecule has 0 saturated heterocycles. The summed E-state index contributed by atoms with van der Waals surface area (Å²) in [5.41, 5.74) is 4.19. The molecular weight excluding hydrogens is 298 g/mol. The highest BCUT2D eigenvalue weighted by Crippen LogP contribution is 2.28. The molecule has 0 fully saturated rings. The summed E-state index contributed by atoms with van der Waals surface area (Å²) in [7, 11) is 0. The predicted octanol–water partition coefficient (Wildman–Crippen LogP) is 3.21. The van der Waals surface area contributed by atoms with Crippen LogP contribution in [0.5, 0.6) is 5.75 Å². The summed E-state index contributed by atoms with van der Waals surface area (Å²) in [5.74, 6) is 1.40. The van der Waals surface area contributed by atoms with E-state index in [9.17, 15) is 0 Å². The molecule has 0 aliphatic heterocycles. The number of rotatable bonds is 6. The first-order valence-corrected chi connectivity index (χ1v) is 7.41. The van der Waals surface area contributed by atoms with Crippen LogP contribution >= 0.6 is 12.2 Å². The number of nitrogens with zero attached hydrogens (tertiary/aromatic N) is 1. The van der Waals surface area contributed by atoms with E-state index >= 15 is 0 Å². The first kappa shape index (κ1) is 16.0. The van der Waals surface area contributed by atoms with Crippen molar-refractivity contribution in [1.82, 2.24) is 10.7 Å². The number of hydrazone groups is 1. The Kier molecular flexibility index (Phi) is 5.55. The van der Waals surface area contributed by atoms with E-state index in [-0.39, 0.29) is 0 Å². The molecule has 0 atom stereocenters. The maximum atomic E-state index is 5.85. The molecule has 1 heterocycles. The number of para-hydroxylation sites is 1. The number of hydrogen-bond acceptors (Lipinski definition) is 4. The Hall–Kier alpha value is -2.34. The molecule has 0 aliphatic rings. The van der Waals surface area contributed by atoms with Crippen LogP contribution in [0.15, 0.2) is 46.4 Å². The van der Waals surface area contributed by atoms with E-state index < -0.39 is 0 Å². The first-order valence-electron chi connectivity index (χ1n) is 7.00. The molecule has 0 saturated carbocycles. The number of ether oxygens (including phenoxy) is 1. The van der Waals surface area contributed by atoms with Gasteiger partial charge in [0, 0.05) is 11.9 Å². The first-order chi connectivity index (χ1) is 10.7. The summed E-state index contributed by atoms with van der Waals surface area (Å²) >= 11 is 5.08. The highest BCUT2D eigenvalue weighted by molar-refractivity contribution is 7.80. The zero-order valence-electron chi connectivity index (χ0n) is 12.7. The Balaban J connectivity index is 2.17. The van der Waals surface area contributed by atoms with Crippen molar-refractivity contribution in [3.63, 3.8) is 0 Å². The molecule has 0 spiro atoms. The van der Waals surface area contributed by atoms with Crippen LogP contribution in [0.25, 0.3) is 11.0 Å². The van der Waals surface area contributed by atoms with Crippen molar-refractivity contribution in [3.05, 3.63) is 42.7 Å². The van der Waals surface area contributed by atoms with Gasteiger partial charge in [-0.2, -0.15) is 5.10 Å². The van der Waals surface area contributed by atoms with Gasteiger partial charge in [-0.25, -0.2) is 0 Å². The second-order valence-corrected chi connectivity index (χ2v) is 4.93. The van der Waals surface area contributed by atoms with Crippen LogP contribution in [0, 0.1) is 0 Å². The van der Waals surface area contributed by atoms with E-state index in [4.69, 9.17) is 21.4 Å². The highest BCUT2D eigenvalue weighted by atomic mass is 32.1. The lowest BCUT2D eigenvalue weighted by Gasteiger charge is -2.04. The van der Waals surface area contributed by atoms with Crippen molar-refractivity contribution >= 4 is 34.0 Å². The van der Waals surface area contributed by atoms with E-state index in [0.717, 1.165) is 16.7 Å². The van der Waals surface area contributed by atoms with Crippen LogP contribution in [0.3, 0.4) is 0 Å². The van der Waals surface area contributed by atoms with E-state index in [1.165, 1.54) is 0 Å². The van der Waals surface area contributed by atoms with Gasteiger partial charge in [-0.3, -0.25) is 5.43 Å². The maximum Gasteiger partial charge on any atom is 0.187 e. The van der Waals surface area contributed by atoms with Gasteiger partial charge in [-0.05, 0) is 38.2 Å². The summed E-state index contributed by atoms with van der Waals surface area (Å²) in [6.45, 7) is 8.58. The molecule has 2 N–H and O–H groups in total. The van der Waals surface area contributed by atoms with Gasteiger partial charge < -0.3 is 14.5 Å². The van der Waals surface area contributed by atoms with Crippen molar-refractivity contribution in [2.24, 2.45) is 5.10 Å². The third kappa shape index (κ3) is 3.85. The van der Waals surface area contributed by atoms with Crippen molar-refractivity contribution in [2.45, 2.75) is 13.8 Å². The van der Waals surface area contributed by atoms with Gasteiger partial charge in [0.05, 0.1) is 6.61 Å². The summed E-state index contributed by atoms with van der Waals surface area (Å²) in [4.78, 5) is 0. The lowest BCUT2D eigenvalue weighted by atomic mass is 10.2. The molecule has 0 bridgehead atoms. The fourth-order valence-corrected chi connectivity index (χ4v) is 2.01. The van der Waals surface area contributed by atoms with Gasteiger partial charge in [0.25, 0.3) is 0 Å². The smallest absolute Gasteiger partial charge is 0.187 e. The minimum atomic E-state index is 0.436. The molecule has 5 nitrogen and oxygen atoms in total. The van der Waals surface area contributed by atoms with Crippen LogP contribution < -0.4 is 15.5 Å². The van der Waals surface area contributed by atoms with Crippen LogP contribution in [0.4, 0.5) is 0 Å². The van der Waals surface area contributed by atoms with Crippen LogP contribution in [0.1, 0.15) is 19.6 Å². The number of thiocarbonyl (C=S) groups is 1. The lowest BCUT2D eigenvalue weighted by Crippen LogP contribution is -2.32. The second-order valence-electron chi connectivity index (χ2n) is 4.53. The van der Waals surface area contributed by atoms with Crippen molar-refractivity contribution in [1.29, 1.82) is 0 Å². The van der Waals surface area contributed by atoms with Crippen molar-refractivity contribution in [3.8, 4) is 5.75 Å². The number of nitrogens with one attached hydrogen (secondary N) is 2. The molecule has 0 aliphatic carbocycles. The van der Waals surface area contributed by atoms with E-state index in [1.54, 1.807) is 6.08 Å². The molecule has 116 valence electrons. The number of benzene rings is 1. The average molecular weight is 317 g/mol. The topological polar surface area (TPSA) is 58.8 Å². The second kappa shape index (κ2) is 7.61. The average Bonchev–Trinajstić information content (AvgIpc) is 2.96. The largest absolute Gasteiger partial charge is 0.490 e. The molecule has 0 radical (unpaired) electrons. The zero-order valence-corrected chi connectivity index (χ0v) is 13.5. The number of hydrogen-bond donors (Lipinski definition) is 2. The molecule has 6 heteroatoms. The number of furan rings is 1. The molecule has 2 aromatic rings. The summed E-state index contributed by atoms with van der Waals surface area (Å²) < 4.78 is 11.4. The minimum Gasteiger partial charge on any atom is -0.490 e. The maximum absolute atomic E-state index is 5.85. The zero-order chi connectivity index (χ0) is 15.9. The molecule has 2 rings (SSSR count). The Labute approximate surface area is 135 Å². The van der Waals surface area contributed by atoms with Gasteiger partial charge in [0.1, 0.15) is 5.71 Å². The number of fused-ring (bicyclic) bond motifs is 1. The summed E-state index contributed by atoms with van der Waals surface area (Å²) in [6.07, 6.45) is 1.72. The van der Waals surface area contributed by atoms with Crippen molar-refractivity contribution in [2.75, 3.05) is 13.2 Å². The van der Waals surface area contributed by atoms with Gasteiger partial charge in [0.15, 0.2) is 22.2 Å². The van der Waals surface area contributed by atoms with Gasteiger partial charge in [-0.1, -0.05) is 18.2 Å². The fourth-order valence-electron chi connectivity index (χ4n) is 1.88. The van der Waals surface area contributed by atoms with Crippen LogP contribution in [0.2, 0.25) is 0 Å². The summed E-state index contributed by atoms with van der Waals surface area (Å²) in [6, 6.07) is 7.73. The van der Waals surface area contributed by atoms with Crippen molar-refractivity contribution < 1.29 is 9.15 Å². The summed E-state index contributed by atoms with van der Waals surface area (Å²) in [5, 5.41) is 8.56. The Morgan fingerprint density at radius 2 is 2.32 bits per heavy atom. The Bertz CT molecular complexity index is 706. The minimum absolute atomic E-state index is 0.436. The molecule has 0 amide bonds. The predicted molar refractivity (Wildman–Crippen MR) is 93.5 cm³/mol. The van der Waals surface area contributed by atoms with Gasteiger partial charge in [0.2, 0.25) is 0 Å². The fraction of sp³-hybridized carbons (Fsp3) is 0.250. The standard InChI is InChI=1S/C16H19N3O2S/c1-4-9-17-16(22)19-18-11(3)14-10-12-7-6-8-13(20-5-2)15(12)21-14/h4,6-8,10H,1,5,9H2,2-3H3,(H2,17,19,22)/b18-11-. The van der Waals surface area contributed by atoms with Gasteiger partial charge >= 0.3 is 0 Å². The van der Waals surface area contributed by atoms with Crippen LogP contribution in [-0.2, 0) is 0 Å². The third-order valence-electron chi connectivity index (χ3n) is 2.90.